The fourth-order valence-corrected chi connectivity index (χ4v) is 2.15. The number of para-hydroxylation sites is 1. The molecule has 0 bridgehead atoms. The van der Waals surface area contributed by atoms with Crippen LogP contribution in [0.5, 0.6) is 5.75 Å². The highest BCUT2D eigenvalue weighted by molar-refractivity contribution is 5.79. The van der Waals surface area contributed by atoms with E-state index in [2.05, 4.69) is 5.32 Å². The highest BCUT2D eigenvalue weighted by Gasteiger charge is 2.21. The summed E-state index contributed by atoms with van der Waals surface area (Å²) < 4.78 is 5.54. The highest BCUT2D eigenvalue weighted by atomic mass is 16.5. The summed E-state index contributed by atoms with van der Waals surface area (Å²) in [7, 11) is 0. The van der Waals surface area contributed by atoms with Gasteiger partial charge >= 0.3 is 0 Å². The maximum Gasteiger partial charge on any atom is 0.224 e. The topological polar surface area (TPSA) is 64.3 Å². The van der Waals surface area contributed by atoms with Gasteiger partial charge in [-0.1, -0.05) is 55.5 Å². The zero-order valence-electron chi connectivity index (χ0n) is 12.7. The number of hydrogen-bond donors (Lipinski definition) is 2. The molecular formula is C18H22N2O2. The van der Waals surface area contributed by atoms with Gasteiger partial charge in [-0.25, -0.2) is 0 Å². The molecule has 0 heterocycles. The van der Waals surface area contributed by atoms with Crippen molar-refractivity contribution < 1.29 is 9.53 Å². The van der Waals surface area contributed by atoms with Crippen molar-refractivity contribution in [3.63, 3.8) is 0 Å². The first-order valence-electron chi connectivity index (χ1n) is 7.44. The van der Waals surface area contributed by atoms with Crippen LogP contribution >= 0.6 is 0 Å². The summed E-state index contributed by atoms with van der Waals surface area (Å²) in [5, 5.41) is 2.86. The van der Waals surface area contributed by atoms with Gasteiger partial charge in [0.25, 0.3) is 0 Å². The summed E-state index contributed by atoms with van der Waals surface area (Å²) in [6.45, 7) is 2.73. The maximum atomic E-state index is 12.1. The Hall–Kier alpha value is -2.33. The summed E-state index contributed by atoms with van der Waals surface area (Å²) in [4.78, 5) is 12.1. The van der Waals surface area contributed by atoms with E-state index >= 15 is 0 Å². The number of benzene rings is 2. The fourth-order valence-electron chi connectivity index (χ4n) is 2.15. The maximum absolute atomic E-state index is 12.1. The van der Waals surface area contributed by atoms with E-state index in [1.807, 2.05) is 67.6 Å². The minimum atomic E-state index is -0.309. The Morgan fingerprint density at radius 2 is 1.68 bits per heavy atom. The van der Waals surface area contributed by atoms with Gasteiger partial charge in [-0.05, 0) is 17.7 Å². The van der Waals surface area contributed by atoms with Crippen molar-refractivity contribution in [2.24, 2.45) is 11.7 Å². The molecule has 0 spiro atoms. The van der Waals surface area contributed by atoms with Crippen molar-refractivity contribution >= 4 is 5.91 Å². The van der Waals surface area contributed by atoms with Gasteiger partial charge in [-0.15, -0.1) is 0 Å². The van der Waals surface area contributed by atoms with E-state index in [0.29, 0.717) is 13.2 Å². The SMILES string of the molecule is CC(C(=O)NCCOc1ccccc1)C(N)c1ccccc1. The van der Waals surface area contributed by atoms with Gasteiger partial charge < -0.3 is 15.8 Å². The molecule has 2 aromatic carbocycles. The monoisotopic (exact) mass is 298 g/mol. The highest BCUT2D eigenvalue weighted by Crippen LogP contribution is 2.18. The molecule has 116 valence electrons. The predicted molar refractivity (Wildman–Crippen MR) is 87.5 cm³/mol. The lowest BCUT2D eigenvalue weighted by molar-refractivity contribution is -0.125. The molecule has 2 atom stereocenters. The van der Waals surface area contributed by atoms with Crippen molar-refractivity contribution in [3.8, 4) is 5.75 Å². The molecule has 2 rings (SSSR count). The second kappa shape index (κ2) is 8.20. The molecule has 2 aromatic rings. The van der Waals surface area contributed by atoms with E-state index in [1.54, 1.807) is 0 Å². The van der Waals surface area contributed by atoms with Crippen molar-refractivity contribution in [1.82, 2.24) is 5.32 Å². The minimum absolute atomic E-state index is 0.0620. The summed E-state index contributed by atoms with van der Waals surface area (Å²) in [6.07, 6.45) is 0. The minimum Gasteiger partial charge on any atom is -0.492 e. The summed E-state index contributed by atoms with van der Waals surface area (Å²) >= 11 is 0. The summed E-state index contributed by atoms with van der Waals surface area (Å²) in [5.41, 5.74) is 7.11. The summed E-state index contributed by atoms with van der Waals surface area (Å²) in [6, 6.07) is 18.9. The molecule has 3 N–H and O–H groups in total. The Labute approximate surface area is 131 Å². The Bertz CT molecular complexity index is 572. The molecule has 0 aromatic heterocycles. The van der Waals surface area contributed by atoms with Crippen molar-refractivity contribution in [1.29, 1.82) is 0 Å². The Morgan fingerprint density at radius 3 is 2.32 bits per heavy atom. The standard InChI is InChI=1S/C18H22N2O2/c1-14(17(19)15-8-4-2-5-9-15)18(21)20-12-13-22-16-10-6-3-7-11-16/h2-11,14,17H,12-13,19H2,1H3,(H,20,21). The Balaban J connectivity index is 1.75. The van der Waals surface area contributed by atoms with Gasteiger partial charge in [0.2, 0.25) is 5.91 Å². The van der Waals surface area contributed by atoms with Crippen LogP contribution in [0.1, 0.15) is 18.5 Å². The first kappa shape index (κ1) is 16.0. The lowest BCUT2D eigenvalue weighted by atomic mass is 9.95. The molecule has 0 saturated heterocycles. The van der Waals surface area contributed by atoms with Crippen LogP contribution in [0.4, 0.5) is 0 Å². The largest absolute Gasteiger partial charge is 0.492 e. The van der Waals surface area contributed by atoms with E-state index in [1.165, 1.54) is 0 Å². The normalized spacial score (nSPS) is 13.2. The quantitative estimate of drug-likeness (QED) is 0.772. The Morgan fingerprint density at radius 1 is 1.09 bits per heavy atom. The van der Waals surface area contributed by atoms with Crippen molar-refractivity contribution in [2.75, 3.05) is 13.2 Å². The van der Waals surface area contributed by atoms with E-state index < -0.39 is 0 Å². The molecule has 0 fully saturated rings. The lowest BCUT2D eigenvalue weighted by Gasteiger charge is -2.19. The average molecular weight is 298 g/mol. The first-order chi connectivity index (χ1) is 10.7. The number of amides is 1. The van der Waals surface area contributed by atoms with Gasteiger partial charge in [-0.3, -0.25) is 4.79 Å². The van der Waals surface area contributed by atoms with Crippen LogP contribution < -0.4 is 15.8 Å². The smallest absolute Gasteiger partial charge is 0.224 e. The number of rotatable bonds is 7. The van der Waals surface area contributed by atoms with Gasteiger partial charge in [0.15, 0.2) is 0 Å². The second-order valence-electron chi connectivity index (χ2n) is 5.18. The van der Waals surface area contributed by atoms with Gasteiger partial charge in [0, 0.05) is 6.04 Å². The molecule has 0 aliphatic heterocycles. The molecular weight excluding hydrogens is 276 g/mol. The number of nitrogens with one attached hydrogen (secondary N) is 1. The molecule has 4 heteroatoms. The van der Waals surface area contributed by atoms with Crippen LogP contribution in [0, 0.1) is 5.92 Å². The lowest BCUT2D eigenvalue weighted by Crippen LogP contribution is -2.37. The third-order valence-electron chi connectivity index (χ3n) is 3.55. The van der Waals surface area contributed by atoms with Crippen LogP contribution in [0.3, 0.4) is 0 Å². The number of nitrogens with two attached hydrogens (primary N) is 1. The molecule has 0 aliphatic rings. The zero-order valence-corrected chi connectivity index (χ0v) is 12.7. The van der Waals surface area contributed by atoms with E-state index in [4.69, 9.17) is 10.5 Å². The number of carbonyl (C=O) groups excluding carboxylic acids is 1. The predicted octanol–water partition coefficient (Wildman–Crippen LogP) is 2.52. The van der Waals surface area contributed by atoms with Gasteiger partial charge in [0.05, 0.1) is 12.5 Å². The average Bonchev–Trinajstić information content (AvgIpc) is 2.59. The van der Waals surface area contributed by atoms with E-state index in [0.717, 1.165) is 11.3 Å². The molecule has 1 amide bonds. The third kappa shape index (κ3) is 4.60. The van der Waals surface area contributed by atoms with Crippen LogP contribution in [0.2, 0.25) is 0 Å². The molecule has 22 heavy (non-hydrogen) atoms. The molecule has 0 aliphatic carbocycles. The number of carbonyl (C=O) groups is 1. The van der Waals surface area contributed by atoms with Crippen LogP contribution in [0.25, 0.3) is 0 Å². The summed E-state index contributed by atoms with van der Waals surface area (Å²) in [5.74, 6) is 0.443. The number of hydrogen-bond acceptors (Lipinski definition) is 3. The molecule has 0 saturated carbocycles. The third-order valence-corrected chi connectivity index (χ3v) is 3.55. The van der Waals surface area contributed by atoms with Crippen molar-refractivity contribution in [2.45, 2.75) is 13.0 Å². The van der Waals surface area contributed by atoms with Crippen molar-refractivity contribution in [3.05, 3.63) is 66.2 Å². The number of ether oxygens (including phenoxy) is 1. The van der Waals surface area contributed by atoms with Gasteiger partial charge in [0.1, 0.15) is 12.4 Å². The van der Waals surface area contributed by atoms with Crippen LogP contribution in [-0.2, 0) is 4.79 Å². The fraction of sp³-hybridized carbons (Fsp3) is 0.278. The molecule has 0 radical (unpaired) electrons. The second-order valence-corrected chi connectivity index (χ2v) is 5.18. The molecule has 4 nitrogen and oxygen atoms in total. The molecule has 2 unspecified atom stereocenters. The zero-order chi connectivity index (χ0) is 15.8. The van der Waals surface area contributed by atoms with Crippen LogP contribution in [0.15, 0.2) is 60.7 Å². The van der Waals surface area contributed by atoms with Crippen LogP contribution in [-0.4, -0.2) is 19.1 Å². The Kier molecular flexibility index (Phi) is 5.98. The van der Waals surface area contributed by atoms with E-state index in [-0.39, 0.29) is 17.9 Å². The van der Waals surface area contributed by atoms with E-state index in [9.17, 15) is 4.79 Å². The van der Waals surface area contributed by atoms with Gasteiger partial charge in [-0.2, -0.15) is 0 Å². The first-order valence-corrected chi connectivity index (χ1v) is 7.44.